The lowest BCUT2D eigenvalue weighted by Crippen LogP contribution is -1.90. The highest BCUT2D eigenvalue weighted by molar-refractivity contribution is 7.99. The van der Waals surface area contributed by atoms with Crippen molar-refractivity contribution in [2.75, 3.05) is 0 Å². The minimum Gasteiger partial charge on any atom is -0.195 e. The zero-order valence-corrected chi connectivity index (χ0v) is 9.99. The molecule has 0 radical (unpaired) electrons. The average Bonchev–Trinajstić information content (AvgIpc) is 2.21. The van der Waals surface area contributed by atoms with Crippen LogP contribution in [-0.4, -0.2) is 10.4 Å². The highest BCUT2D eigenvalue weighted by Gasteiger charge is 2.00. The predicted molar refractivity (Wildman–Crippen MR) is 66.7 cm³/mol. The molecule has 0 saturated heterocycles. The summed E-state index contributed by atoms with van der Waals surface area (Å²) in [6, 6.07) is 8.07. The van der Waals surface area contributed by atoms with Gasteiger partial charge < -0.3 is 0 Å². The van der Waals surface area contributed by atoms with Gasteiger partial charge in [-0.3, -0.25) is 0 Å². The molecule has 0 N–H and O–H groups in total. The second-order valence-electron chi connectivity index (χ2n) is 3.03. The molecule has 0 fully saturated rings. The molecule has 1 aromatic rings. The zero-order valence-electron chi connectivity index (χ0n) is 8.36. The molecule has 0 saturated carbocycles. The van der Waals surface area contributed by atoms with Crippen molar-refractivity contribution in [1.29, 1.82) is 0 Å². The summed E-state index contributed by atoms with van der Waals surface area (Å²) in [4.78, 5) is 5.18. The summed E-state index contributed by atoms with van der Waals surface area (Å²) in [7, 11) is 0. The molecule has 0 aliphatic heterocycles. The minimum atomic E-state index is 0.662. The summed E-state index contributed by atoms with van der Waals surface area (Å²) < 4.78 is 0. The second kappa shape index (κ2) is 5.97. The maximum absolute atomic E-state index is 4.53. The quantitative estimate of drug-likeness (QED) is 0.428. The highest BCUT2D eigenvalue weighted by atomic mass is 32.2. The Kier molecular flexibility index (Phi) is 4.88. The minimum absolute atomic E-state index is 0.662. The molecule has 1 nitrogen and oxygen atoms in total. The third kappa shape index (κ3) is 3.62. The number of hydrogen-bond donors (Lipinski definition) is 0. The number of rotatable bonds is 4. The van der Waals surface area contributed by atoms with E-state index in [9.17, 15) is 0 Å². The highest BCUT2D eigenvalue weighted by Crippen LogP contribution is 2.26. The normalized spacial score (nSPS) is 11.9. The Hall–Kier alpha value is -0.630. The molecule has 0 amide bonds. The first-order valence-electron chi connectivity index (χ1n) is 4.61. The molecule has 1 aromatic carbocycles. The smallest absolute Gasteiger partial charge is 0.0740 e. The van der Waals surface area contributed by atoms with Crippen molar-refractivity contribution in [3.63, 3.8) is 0 Å². The topological polar surface area (TPSA) is 12.4 Å². The number of thioether (sulfide) groups is 1. The monoisotopic (exact) mass is 223 g/mol. The van der Waals surface area contributed by atoms with Crippen LogP contribution in [0.2, 0.25) is 0 Å². The van der Waals surface area contributed by atoms with Crippen LogP contribution in [0, 0.1) is 0 Å². The van der Waals surface area contributed by atoms with Gasteiger partial charge in [0.1, 0.15) is 0 Å². The Morgan fingerprint density at radius 3 is 2.57 bits per heavy atom. The summed E-state index contributed by atoms with van der Waals surface area (Å²) >= 11 is 6.42. The van der Waals surface area contributed by atoms with E-state index in [0.717, 1.165) is 5.69 Å². The van der Waals surface area contributed by atoms with Gasteiger partial charge >= 0.3 is 0 Å². The Morgan fingerprint density at radius 2 is 2.07 bits per heavy atom. The lowest BCUT2D eigenvalue weighted by atomic mass is 10.3. The van der Waals surface area contributed by atoms with Crippen molar-refractivity contribution in [1.82, 2.24) is 0 Å². The van der Waals surface area contributed by atoms with Gasteiger partial charge in [-0.2, -0.15) is 4.99 Å². The van der Waals surface area contributed by atoms with Crippen molar-refractivity contribution in [3.05, 3.63) is 24.3 Å². The fourth-order valence-electron chi connectivity index (χ4n) is 0.968. The van der Waals surface area contributed by atoms with Gasteiger partial charge in [-0.15, -0.1) is 11.8 Å². The Morgan fingerprint density at radius 1 is 1.43 bits per heavy atom. The van der Waals surface area contributed by atoms with Crippen LogP contribution in [0.25, 0.3) is 0 Å². The number of aliphatic imine (C=N–C) groups is 1. The van der Waals surface area contributed by atoms with E-state index in [1.807, 2.05) is 23.9 Å². The maximum atomic E-state index is 4.53. The van der Waals surface area contributed by atoms with Gasteiger partial charge in [0.05, 0.1) is 10.8 Å². The SMILES string of the molecule is CCC(C)Sc1ccc(N=C=S)cc1. The third-order valence-electron chi connectivity index (χ3n) is 1.92. The van der Waals surface area contributed by atoms with Crippen LogP contribution >= 0.6 is 24.0 Å². The molecule has 1 atom stereocenters. The standard InChI is InChI=1S/C11H13NS2/c1-3-9(2)14-11-6-4-10(5-7-11)12-8-13/h4-7,9H,3H2,1-2H3. The van der Waals surface area contributed by atoms with Gasteiger partial charge in [0, 0.05) is 10.1 Å². The molecule has 74 valence electrons. The van der Waals surface area contributed by atoms with Crippen LogP contribution in [0.15, 0.2) is 34.2 Å². The van der Waals surface area contributed by atoms with Gasteiger partial charge in [-0.25, -0.2) is 0 Å². The third-order valence-corrected chi connectivity index (χ3v) is 3.29. The molecule has 0 bridgehead atoms. The molecule has 0 spiro atoms. The van der Waals surface area contributed by atoms with E-state index >= 15 is 0 Å². The summed E-state index contributed by atoms with van der Waals surface area (Å²) in [5, 5.41) is 3.02. The van der Waals surface area contributed by atoms with Crippen LogP contribution in [0.5, 0.6) is 0 Å². The van der Waals surface area contributed by atoms with Crippen LogP contribution in [0.3, 0.4) is 0 Å². The molecule has 1 rings (SSSR count). The molecule has 0 aromatic heterocycles. The summed E-state index contributed by atoms with van der Waals surface area (Å²) in [5.74, 6) is 0. The van der Waals surface area contributed by atoms with Crippen molar-refractivity contribution in [3.8, 4) is 0 Å². The van der Waals surface area contributed by atoms with Crippen molar-refractivity contribution >= 4 is 34.8 Å². The molecule has 1 unspecified atom stereocenters. The Bertz CT molecular complexity index is 326. The van der Waals surface area contributed by atoms with Gasteiger partial charge in [0.2, 0.25) is 0 Å². The largest absolute Gasteiger partial charge is 0.195 e. The van der Waals surface area contributed by atoms with Gasteiger partial charge in [0.25, 0.3) is 0 Å². The van der Waals surface area contributed by atoms with Crippen LogP contribution < -0.4 is 0 Å². The molecular weight excluding hydrogens is 210 g/mol. The van der Waals surface area contributed by atoms with Gasteiger partial charge in [-0.1, -0.05) is 13.8 Å². The molecular formula is C11H13NS2. The molecule has 0 aliphatic rings. The maximum Gasteiger partial charge on any atom is 0.0740 e. The first kappa shape index (κ1) is 11.4. The van der Waals surface area contributed by atoms with E-state index in [1.165, 1.54) is 11.3 Å². The predicted octanol–water partition coefficient (Wildman–Crippen LogP) is 4.31. The average molecular weight is 223 g/mol. The van der Waals surface area contributed by atoms with Crippen molar-refractivity contribution in [2.45, 2.75) is 30.4 Å². The lowest BCUT2D eigenvalue weighted by molar-refractivity contribution is 0.905. The fourth-order valence-corrected chi connectivity index (χ4v) is 2.00. The van der Waals surface area contributed by atoms with E-state index < -0.39 is 0 Å². The molecule has 0 aliphatic carbocycles. The first-order chi connectivity index (χ1) is 6.76. The lowest BCUT2D eigenvalue weighted by Gasteiger charge is -2.07. The van der Waals surface area contributed by atoms with Crippen LogP contribution in [0.4, 0.5) is 5.69 Å². The van der Waals surface area contributed by atoms with E-state index in [4.69, 9.17) is 0 Å². The van der Waals surface area contributed by atoms with E-state index in [2.05, 4.69) is 48.4 Å². The number of benzene rings is 1. The van der Waals surface area contributed by atoms with E-state index in [1.54, 1.807) is 0 Å². The fraction of sp³-hybridized carbons (Fsp3) is 0.364. The van der Waals surface area contributed by atoms with Crippen LogP contribution in [-0.2, 0) is 0 Å². The Labute approximate surface area is 94.6 Å². The number of isothiocyanates is 1. The van der Waals surface area contributed by atoms with E-state index in [0.29, 0.717) is 5.25 Å². The number of hydrogen-bond acceptors (Lipinski definition) is 3. The summed E-state index contributed by atoms with van der Waals surface area (Å²) in [6.45, 7) is 4.43. The summed E-state index contributed by atoms with van der Waals surface area (Å²) in [6.07, 6.45) is 1.19. The van der Waals surface area contributed by atoms with Crippen molar-refractivity contribution in [2.24, 2.45) is 4.99 Å². The second-order valence-corrected chi connectivity index (χ2v) is 4.73. The Balaban J connectivity index is 2.68. The zero-order chi connectivity index (χ0) is 10.4. The van der Waals surface area contributed by atoms with Crippen LogP contribution in [0.1, 0.15) is 20.3 Å². The van der Waals surface area contributed by atoms with E-state index in [-0.39, 0.29) is 0 Å². The van der Waals surface area contributed by atoms with Gasteiger partial charge in [-0.05, 0) is 42.9 Å². The van der Waals surface area contributed by atoms with Gasteiger partial charge in [0.15, 0.2) is 0 Å². The molecule has 0 heterocycles. The van der Waals surface area contributed by atoms with Crippen molar-refractivity contribution < 1.29 is 0 Å². The molecule has 14 heavy (non-hydrogen) atoms. The molecule has 3 heteroatoms. The summed E-state index contributed by atoms with van der Waals surface area (Å²) in [5.41, 5.74) is 0.869. The number of nitrogens with zero attached hydrogens (tertiary/aromatic N) is 1. The first-order valence-corrected chi connectivity index (χ1v) is 5.89. The number of thiocarbonyl (C=S) groups is 1.